The third-order valence-corrected chi connectivity index (χ3v) is 5.83. The summed E-state index contributed by atoms with van der Waals surface area (Å²) < 4.78 is 5.62. The van der Waals surface area contributed by atoms with Crippen LogP contribution in [0.3, 0.4) is 0 Å². The molecule has 138 valence electrons. The highest BCUT2D eigenvalue weighted by Crippen LogP contribution is 2.37. The summed E-state index contributed by atoms with van der Waals surface area (Å²) in [6.07, 6.45) is 3.46. The van der Waals surface area contributed by atoms with Crippen molar-refractivity contribution in [2.24, 2.45) is 0 Å². The molecule has 1 aliphatic carbocycles. The van der Waals surface area contributed by atoms with E-state index < -0.39 is 0 Å². The molecular formula is C21H27N3O2. The van der Waals surface area contributed by atoms with Crippen LogP contribution in [-0.4, -0.2) is 40.9 Å². The maximum atomic E-state index is 9.58. The lowest BCUT2D eigenvalue weighted by atomic mass is 9.74. The lowest BCUT2D eigenvalue weighted by Crippen LogP contribution is -2.40. The first-order valence-electron chi connectivity index (χ1n) is 9.55. The highest BCUT2D eigenvalue weighted by atomic mass is 16.5. The molecule has 1 aromatic heterocycles. The minimum atomic E-state index is -0.171. The van der Waals surface area contributed by atoms with Crippen molar-refractivity contribution >= 4 is 5.82 Å². The molecule has 2 N–H and O–H groups in total. The fourth-order valence-corrected chi connectivity index (χ4v) is 4.10. The minimum absolute atomic E-state index is 0.0746. The standard InChI is InChI=1S/C21H27N3O2/c1-15-23-19(16-11-18(25)12-16)13-20(24-15)22-14-21(7-9-26-10-8-21)17-5-3-2-4-6-17/h2-6,13,16,18,25H,7-12,14H2,1H3,(H,22,23,24). The van der Waals surface area contributed by atoms with Crippen molar-refractivity contribution in [3.63, 3.8) is 0 Å². The number of rotatable bonds is 5. The van der Waals surface area contributed by atoms with E-state index in [0.717, 1.165) is 62.8 Å². The first-order valence-corrected chi connectivity index (χ1v) is 9.55. The van der Waals surface area contributed by atoms with E-state index >= 15 is 0 Å². The number of hydrogen-bond acceptors (Lipinski definition) is 5. The number of benzene rings is 1. The highest BCUT2D eigenvalue weighted by Gasteiger charge is 2.35. The summed E-state index contributed by atoms with van der Waals surface area (Å²) in [5.41, 5.74) is 2.49. The van der Waals surface area contributed by atoms with Crippen LogP contribution >= 0.6 is 0 Å². The van der Waals surface area contributed by atoms with Gasteiger partial charge in [0.15, 0.2) is 0 Å². The van der Waals surface area contributed by atoms with Gasteiger partial charge in [-0.2, -0.15) is 0 Å². The van der Waals surface area contributed by atoms with Gasteiger partial charge in [0.1, 0.15) is 11.6 Å². The largest absolute Gasteiger partial charge is 0.393 e. The molecule has 0 spiro atoms. The van der Waals surface area contributed by atoms with Crippen molar-refractivity contribution in [1.29, 1.82) is 0 Å². The number of nitrogens with one attached hydrogen (secondary N) is 1. The average Bonchev–Trinajstić information content (AvgIpc) is 2.65. The van der Waals surface area contributed by atoms with Gasteiger partial charge < -0.3 is 15.2 Å². The molecule has 0 bridgehead atoms. The lowest BCUT2D eigenvalue weighted by molar-refractivity contribution is 0.0543. The van der Waals surface area contributed by atoms with E-state index in [0.29, 0.717) is 5.92 Å². The number of aliphatic hydroxyl groups is 1. The fourth-order valence-electron chi connectivity index (χ4n) is 4.10. The van der Waals surface area contributed by atoms with Crippen molar-refractivity contribution in [2.75, 3.05) is 25.1 Å². The Balaban J connectivity index is 1.53. The Kier molecular flexibility index (Phi) is 4.92. The Bertz CT molecular complexity index is 738. The van der Waals surface area contributed by atoms with Crippen molar-refractivity contribution < 1.29 is 9.84 Å². The summed E-state index contributed by atoms with van der Waals surface area (Å²) >= 11 is 0. The molecule has 2 aliphatic rings. The van der Waals surface area contributed by atoms with Crippen LogP contribution in [0, 0.1) is 6.92 Å². The third-order valence-electron chi connectivity index (χ3n) is 5.83. The number of anilines is 1. The monoisotopic (exact) mass is 353 g/mol. The lowest BCUT2D eigenvalue weighted by Gasteiger charge is -2.38. The number of ether oxygens (including phenoxy) is 1. The summed E-state index contributed by atoms with van der Waals surface area (Å²) in [4.78, 5) is 9.17. The van der Waals surface area contributed by atoms with Crippen LogP contribution < -0.4 is 5.32 Å². The quantitative estimate of drug-likeness (QED) is 0.864. The minimum Gasteiger partial charge on any atom is -0.393 e. The zero-order valence-electron chi connectivity index (χ0n) is 15.3. The van der Waals surface area contributed by atoms with Gasteiger partial charge in [0.2, 0.25) is 0 Å². The van der Waals surface area contributed by atoms with Gasteiger partial charge in [-0.3, -0.25) is 0 Å². The molecule has 0 unspecified atom stereocenters. The summed E-state index contributed by atoms with van der Waals surface area (Å²) in [7, 11) is 0. The number of nitrogens with zero attached hydrogens (tertiary/aromatic N) is 2. The highest BCUT2D eigenvalue weighted by molar-refractivity contribution is 5.40. The number of hydrogen-bond donors (Lipinski definition) is 2. The first-order chi connectivity index (χ1) is 12.6. The molecular weight excluding hydrogens is 326 g/mol. The van der Waals surface area contributed by atoms with Crippen molar-refractivity contribution in [3.8, 4) is 0 Å². The number of aryl methyl sites for hydroxylation is 1. The topological polar surface area (TPSA) is 67.3 Å². The van der Waals surface area contributed by atoms with Gasteiger partial charge in [0, 0.05) is 42.9 Å². The molecule has 1 aromatic carbocycles. The van der Waals surface area contributed by atoms with Crippen LogP contribution in [0.15, 0.2) is 36.4 Å². The van der Waals surface area contributed by atoms with Crippen molar-refractivity contribution in [3.05, 3.63) is 53.5 Å². The Morgan fingerprint density at radius 2 is 1.88 bits per heavy atom. The van der Waals surface area contributed by atoms with Crippen LogP contribution in [0.25, 0.3) is 0 Å². The van der Waals surface area contributed by atoms with Gasteiger partial charge in [-0.1, -0.05) is 30.3 Å². The average molecular weight is 353 g/mol. The van der Waals surface area contributed by atoms with Gasteiger partial charge in [-0.05, 0) is 38.2 Å². The molecule has 2 fully saturated rings. The van der Waals surface area contributed by atoms with E-state index in [2.05, 4.69) is 51.7 Å². The van der Waals surface area contributed by atoms with Gasteiger partial charge in [-0.25, -0.2) is 9.97 Å². The summed E-state index contributed by atoms with van der Waals surface area (Å²) in [5, 5.41) is 13.2. The van der Waals surface area contributed by atoms with Gasteiger partial charge in [-0.15, -0.1) is 0 Å². The smallest absolute Gasteiger partial charge is 0.129 e. The van der Waals surface area contributed by atoms with E-state index in [1.165, 1.54) is 5.56 Å². The Morgan fingerprint density at radius 1 is 1.15 bits per heavy atom. The van der Waals surface area contributed by atoms with Crippen molar-refractivity contribution in [1.82, 2.24) is 9.97 Å². The molecule has 26 heavy (non-hydrogen) atoms. The van der Waals surface area contributed by atoms with Crippen LogP contribution in [0.1, 0.15) is 48.7 Å². The molecule has 1 aliphatic heterocycles. The predicted octanol–water partition coefficient (Wildman–Crippen LogP) is 3.18. The molecule has 0 atom stereocenters. The fraction of sp³-hybridized carbons (Fsp3) is 0.524. The molecule has 0 radical (unpaired) electrons. The third kappa shape index (κ3) is 3.60. The second-order valence-electron chi connectivity index (χ2n) is 7.66. The predicted molar refractivity (Wildman–Crippen MR) is 101 cm³/mol. The summed E-state index contributed by atoms with van der Waals surface area (Å²) in [6.45, 7) is 4.37. The van der Waals surface area contributed by atoms with Crippen LogP contribution in [0.4, 0.5) is 5.82 Å². The van der Waals surface area contributed by atoms with Gasteiger partial charge in [0.25, 0.3) is 0 Å². The molecule has 2 aromatic rings. The molecule has 5 nitrogen and oxygen atoms in total. The van der Waals surface area contributed by atoms with Gasteiger partial charge in [0.05, 0.1) is 6.10 Å². The summed E-state index contributed by atoms with van der Waals surface area (Å²) in [5.74, 6) is 2.03. The van der Waals surface area contributed by atoms with Gasteiger partial charge >= 0.3 is 0 Å². The molecule has 1 saturated carbocycles. The van der Waals surface area contributed by atoms with E-state index in [9.17, 15) is 5.11 Å². The Morgan fingerprint density at radius 3 is 2.58 bits per heavy atom. The van der Waals surface area contributed by atoms with E-state index in [4.69, 9.17) is 4.74 Å². The molecule has 0 amide bonds. The van der Waals surface area contributed by atoms with Crippen LogP contribution in [0.5, 0.6) is 0 Å². The normalized spacial score (nSPS) is 24.7. The summed E-state index contributed by atoms with van der Waals surface area (Å²) in [6, 6.07) is 12.8. The zero-order chi connectivity index (χ0) is 18.0. The molecule has 4 rings (SSSR count). The van der Waals surface area contributed by atoms with Crippen LogP contribution in [0.2, 0.25) is 0 Å². The second-order valence-corrected chi connectivity index (χ2v) is 7.66. The van der Waals surface area contributed by atoms with E-state index in [1.54, 1.807) is 0 Å². The SMILES string of the molecule is Cc1nc(NCC2(c3ccccc3)CCOCC2)cc(C2CC(O)C2)n1. The maximum Gasteiger partial charge on any atom is 0.129 e. The van der Waals surface area contributed by atoms with E-state index in [1.807, 2.05) is 6.92 Å². The van der Waals surface area contributed by atoms with Crippen molar-refractivity contribution in [2.45, 2.75) is 50.0 Å². The maximum absolute atomic E-state index is 9.58. The number of aliphatic hydroxyl groups excluding tert-OH is 1. The Labute approximate surface area is 154 Å². The number of aromatic nitrogens is 2. The first kappa shape index (κ1) is 17.4. The Hall–Kier alpha value is -1.98. The zero-order valence-corrected chi connectivity index (χ0v) is 15.3. The van der Waals surface area contributed by atoms with E-state index in [-0.39, 0.29) is 11.5 Å². The van der Waals surface area contributed by atoms with Crippen LogP contribution in [-0.2, 0) is 10.2 Å². The molecule has 2 heterocycles. The molecule has 1 saturated heterocycles. The second kappa shape index (κ2) is 7.33. The molecule has 5 heteroatoms.